The van der Waals surface area contributed by atoms with Gasteiger partial charge in [0, 0.05) is 37.0 Å². The lowest BCUT2D eigenvalue weighted by Crippen LogP contribution is -2.31. The van der Waals surface area contributed by atoms with E-state index in [1.54, 1.807) is 36.4 Å². The van der Waals surface area contributed by atoms with Crippen LogP contribution in [0.15, 0.2) is 95.9 Å². The van der Waals surface area contributed by atoms with Crippen LogP contribution in [0.25, 0.3) is 0 Å². The number of rotatable bonds is 11. The lowest BCUT2D eigenvalue weighted by molar-refractivity contribution is -0.137. The maximum atomic E-state index is 13.8. The molecule has 4 aromatic carbocycles. The molecule has 4 aromatic rings. The van der Waals surface area contributed by atoms with Gasteiger partial charge in [-0.25, -0.2) is 4.39 Å². The van der Waals surface area contributed by atoms with Gasteiger partial charge in [-0.2, -0.15) is 21.6 Å². The first-order valence-corrected chi connectivity index (χ1v) is 15.4. The van der Waals surface area contributed by atoms with Gasteiger partial charge in [-0.3, -0.25) is 4.79 Å². The number of alkyl halides is 3. The second-order valence-electron chi connectivity index (χ2n) is 9.79. The van der Waals surface area contributed by atoms with Crippen molar-refractivity contribution < 1.29 is 35.0 Å². The van der Waals surface area contributed by atoms with Crippen molar-refractivity contribution in [2.24, 2.45) is 0 Å². The number of carbonyl (C=O) groups excluding carboxylic acids is 1. The van der Waals surface area contributed by atoms with E-state index in [-0.39, 0.29) is 35.0 Å². The number of amides is 1. The SMILES string of the molecule is CCN(CC)c1ccc(CN(Cc2ccc(F)cc2)C(=O)c2ccccc2Cl)c(OS(=O)(=O)c2cccc(C(F)(F)F)c2)c1. The fourth-order valence-electron chi connectivity index (χ4n) is 4.55. The molecule has 232 valence electrons. The maximum absolute atomic E-state index is 13.8. The Morgan fingerprint density at radius 2 is 1.55 bits per heavy atom. The van der Waals surface area contributed by atoms with Gasteiger partial charge in [-0.1, -0.05) is 48.0 Å². The number of hydrogen-bond donors (Lipinski definition) is 0. The van der Waals surface area contributed by atoms with Crippen LogP contribution in [0.4, 0.5) is 23.2 Å². The molecule has 0 radical (unpaired) electrons. The number of halogens is 5. The topological polar surface area (TPSA) is 66.9 Å². The van der Waals surface area contributed by atoms with Crippen LogP contribution in [0, 0.1) is 5.82 Å². The van der Waals surface area contributed by atoms with Crippen molar-refractivity contribution in [2.75, 3.05) is 18.0 Å². The molecule has 4 rings (SSSR count). The van der Waals surface area contributed by atoms with Crippen LogP contribution in [-0.4, -0.2) is 32.3 Å². The van der Waals surface area contributed by atoms with Gasteiger partial charge in [-0.15, -0.1) is 0 Å². The van der Waals surface area contributed by atoms with Crippen molar-refractivity contribution >= 4 is 33.3 Å². The van der Waals surface area contributed by atoms with E-state index in [9.17, 15) is 30.8 Å². The van der Waals surface area contributed by atoms with Gasteiger partial charge in [0.1, 0.15) is 16.5 Å². The molecule has 0 unspecified atom stereocenters. The average molecular weight is 649 g/mol. The Kier molecular flexibility index (Phi) is 10.2. The lowest BCUT2D eigenvalue weighted by atomic mass is 10.1. The first-order valence-electron chi connectivity index (χ1n) is 13.6. The standard InChI is InChI=1S/C32H29ClF4N2O4S/c1-3-38(4-2)26-17-14-23(30(19-26)43-44(41,42)27-9-7-8-24(18-27)32(35,36)37)21-39(20-22-12-15-25(34)16-13-22)31(40)28-10-5-6-11-29(28)33/h5-19H,3-4,20-21H2,1-2H3. The summed E-state index contributed by atoms with van der Waals surface area (Å²) < 4.78 is 85.8. The Hall–Kier alpha value is -4.09. The zero-order chi connectivity index (χ0) is 32.1. The van der Waals surface area contributed by atoms with Crippen molar-refractivity contribution in [3.8, 4) is 5.75 Å². The molecule has 12 heteroatoms. The molecular formula is C32H29ClF4N2O4S. The smallest absolute Gasteiger partial charge is 0.379 e. The number of hydrogen-bond acceptors (Lipinski definition) is 5. The molecule has 0 aliphatic carbocycles. The minimum absolute atomic E-state index is 0.00194. The fraction of sp³-hybridized carbons (Fsp3) is 0.219. The molecule has 44 heavy (non-hydrogen) atoms. The summed E-state index contributed by atoms with van der Waals surface area (Å²) in [5.41, 5.74) is 0.505. The molecule has 0 atom stereocenters. The van der Waals surface area contributed by atoms with Crippen molar-refractivity contribution in [2.45, 2.75) is 38.0 Å². The number of nitrogens with zero attached hydrogens (tertiary/aromatic N) is 2. The van der Waals surface area contributed by atoms with Gasteiger partial charge >= 0.3 is 16.3 Å². The van der Waals surface area contributed by atoms with E-state index >= 15 is 0 Å². The monoisotopic (exact) mass is 648 g/mol. The van der Waals surface area contributed by atoms with E-state index < -0.39 is 38.5 Å². The summed E-state index contributed by atoms with van der Waals surface area (Å²) in [6, 6.07) is 20.0. The van der Waals surface area contributed by atoms with Crippen LogP contribution in [0.3, 0.4) is 0 Å². The zero-order valence-corrected chi connectivity index (χ0v) is 25.4. The summed E-state index contributed by atoms with van der Waals surface area (Å²) in [6.45, 7) is 4.80. The van der Waals surface area contributed by atoms with Gasteiger partial charge in [0.25, 0.3) is 5.91 Å². The van der Waals surface area contributed by atoms with E-state index in [0.29, 0.717) is 30.4 Å². The third kappa shape index (κ3) is 7.89. The quantitative estimate of drug-likeness (QED) is 0.122. The molecule has 6 nitrogen and oxygen atoms in total. The zero-order valence-electron chi connectivity index (χ0n) is 23.8. The number of anilines is 1. The highest BCUT2D eigenvalue weighted by Crippen LogP contribution is 2.34. The molecule has 0 bridgehead atoms. The minimum Gasteiger partial charge on any atom is -0.379 e. The molecule has 0 aliphatic rings. The van der Waals surface area contributed by atoms with Crippen LogP contribution >= 0.6 is 11.6 Å². The number of carbonyl (C=O) groups is 1. The predicted octanol–water partition coefficient (Wildman–Crippen LogP) is 7.95. The Morgan fingerprint density at radius 3 is 2.18 bits per heavy atom. The summed E-state index contributed by atoms with van der Waals surface area (Å²) in [5, 5.41) is 0.196. The first kappa shape index (κ1) is 32.8. The highest BCUT2D eigenvalue weighted by molar-refractivity contribution is 7.87. The van der Waals surface area contributed by atoms with Crippen molar-refractivity contribution in [1.82, 2.24) is 4.90 Å². The summed E-state index contributed by atoms with van der Waals surface area (Å²) in [7, 11) is -4.74. The molecule has 0 spiro atoms. The van der Waals surface area contributed by atoms with Crippen molar-refractivity contribution in [1.29, 1.82) is 0 Å². The van der Waals surface area contributed by atoms with Crippen LogP contribution in [0.5, 0.6) is 5.75 Å². The van der Waals surface area contributed by atoms with Gasteiger partial charge < -0.3 is 14.0 Å². The predicted molar refractivity (Wildman–Crippen MR) is 161 cm³/mol. The maximum Gasteiger partial charge on any atom is 0.416 e. The Labute approximate surface area is 258 Å². The van der Waals surface area contributed by atoms with E-state index in [2.05, 4.69) is 0 Å². The van der Waals surface area contributed by atoms with Crippen molar-refractivity contribution in [3.05, 3.63) is 124 Å². The van der Waals surface area contributed by atoms with Gasteiger partial charge in [-0.05, 0) is 67.9 Å². The number of benzene rings is 4. The normalized spacial score (nSPS) is 11.7. The van der Waals surface area contributed by atoms with Gasteiger partial charge in [0.2, 0.25) is 0 Å². The van der Waals surface area contributed by atoms with E-state index in [1.165, 1.54) is 35.2 Å². The summed E-state index contributed by atoms with van der Waals surface area (Å²) in [4.78, 5) is 16.4. The third-order valence-corrected chi connectivity index (χ3v) is 8.43. The average Bonchev–Trinajstić information content (AvgIpc) is 2.99. The summed E-state index contributed by atoms with van der Waals surface area (Å²) in [5.74, 6) is -1.11. The van der Waals surface area contributed by atoms with Crippen LogP contribution in [0.1, 0.15) is 40.9 Å². The summed E-state index contributed by atoms with van der Waals surface area (Å²) in [6.07, 6.45) is -4.76. The van der Waals surface area contributed by atoms with Gasteiger partial charge in [0.15, 0.2) is 0 Å². The lowest BCUT2D eigenvalue weighted by Gasteiger charge is -2.26. The molecular weight excluding hydrogens is 620 g/mol. The molecule has 0 heterocycles. The van der Waals surface area contributed by atoms with E-state index in [1.807, 2.05) is 18.7 Å². The highest BCUT2D eigenvalue weighted by atomic mass is 35.5. The molecule has 0 saturated heterocycles. The van der Waals surface area contributed by atoms with Crippen LogP contribution in [-0.2, 0) is 29.4 Å². The van der Waals surface area contributed by atoms with E-state index in [4.69, 9.17) is 15.8 Å². The second kappa shape index (κ2) is 13.7. The Morgan fingerprint density at radius 1 is 0.864 bits per heavy atom. The molecule has 0 aromatic heterocycles. The summed E-state index contributed by atoms with van der Waals surface area (Å²) >= 11 is 6.32. The highest BCUT2D eigenvalue weighted by Gasteiger charge is 2.32. The largest absolute Gasteiger partial charge is 0.416 e. The van der Waals surface area contributed by atoms with Gasteiger partial charge in [0.05, 0.1) is 22.7 Å². The molecule has 1 amide bonds. The second-order valence-corrected chi connectivity index (χ2v) is 11.7. The third-order valence-electron chi connectivity index (χ3n) is 6.87. The fourth-order valence-corrected chi connectivity index (χ4v) is 5.77. The molecule has 0 fully saturated rings. The Balaban J connectivity index is 1.78. The van der Waals surface area contributed by atoms with Crippen LogP contribution in [0.2, 0.25) is 5.02 Å². The molecule has 0 aliphatic heterocycles. The van der Waals surface area contributed by atoms with Crippen molar-refractivity contribution in [3.63, 3.8) is 0 Å². The molecule has 0 N–H and O–H groups in total. The minimum atomic E-state index is -4.76. The Bertz CT molecular complexity index is 1730. The molecule has 0 saturated carbocycles. The van der Waals surface area contributed by atoms with Crippen LogP contribution < -0.4 is 9.08 Å². The first-order chi connectivity index (χ1) is 20.8. The van der Waals surface area contributed by atoms with E-state index in [0.717, 1.165) is 18.2 Å².